The molecule has 4 nitrogen and oxygen atoms in total. The van der Waals surface area contributed by atoms with Crippen LogP contribution in [0.4, 0.5) is 0 Å². The zero-order valence-electron chi connectivity index (χ0n) is 6.52. The monoisotopic (exact) mass is 187 g/mol. The van der Waals surface area contributed by atoms with Crippen LogP contribution in [-0.2, 0) is 10.0 Å². The van der Waals surface area contributed by atoms with Crippen LogP contribution in [0.3, 0.4) is 0 Å². The Labute approximate surface area is 71.2 Å². The zero-order valence-corrected chi connectivity index (χ0v) is 7.34. The SMILES string of the molecule is CS(=O)(=O)NOc1ccccc1. The second-order valence-corrected chi connectivity index (χ2v) is 3.98. The molecule has 0 atom stereocenters. The van der Waals surface area contributed by atoms with Crippen molar-refractivity contribution in [3.05, 3.63) is 30.3 Å². The van der Waals surface area contributed by atoms with E-state index in [0.29, 0.717) is 5.75 Å². The fourth-order valence-electron chi connectivity index (χ4n) is 0.612. The van der Waals surface area contributed by atoms with Crippen molar-refractivity contribution >= 4 is 10.0 Å². The van der Waals surface area contributed by atoms with Gasteiger partial charge in [0.25, 0.3) is 0 Å². The predicted molar refractivity (Wildman–Crippen MR) is 45.0 cm³/mol. The van der Waals surface area contributed by atoms with Gasteiger partial charge in [-0.25, -0.2) is 8.42 Å². The molecule has 0 heterocycles. The smallest absolute Gasteiger partial charge is 0.239 e. The molecule has 0 unspecified atom stereocenters. The highest BCUT2D eigenvalue weighted by Crippen LogP contribution is 2.06. The maximum absolute atomic E-state index is 10.6. The van der Waals surface area contributed by atoms with Crippen LogP contribution in [0.2, 0.25) is 0 Å². The first-order chi connectivity index (χ1) is 5.58. The maximum atomic E-state index is 10.6. The van der Waals surface area contributed by atoms with E-state index in [0.717, 1.165) is 6.26 Å². The molecule has 0 fully saturated rings. The van der Waals surface area contributed by atoms with Crippen molar-refractivity contribution in [2.24, 2.45) is 0 Å². The molecule has 0 amide bonds. The quantitative estimate of drug-likeness (QED) is 0.702. The van der Waals surface area contributed by atoms with Crippen molar-refractivity contribution in [1.29, 1.82) is 0 Å². The van der Waals surface area contributed by atoms with Crippen LogP contribution >= 0.6 is 0 Å². The molecule has 0 saturated carbocycles. The van der Waals surface area contributed by atoms with E-state index in [-0.39, 0.29) is 0 Å². The lowest BCUT2D eigenvalue weighted by atomic mass is 10.3. The van der Waals surface area contributed by atoms with Crippen LogP contribution in [0.15, 0.2) is 30.3 Å². The van der Waals surface area contributed by atoms with Crippen molar-refractivity contribution in [3.8, 4) is 5.75 Å². The Morgan fingerprint density at radius 3 is 2.33 bits per heavy atom. The average Bonchev–Trinajstić information content (AvgIpc) is 2.02. The van der Waals surface area contributed by atoms with Crippen LogP contribution < -0.4 is 9.72 Å². The van der Waals surface area contributed by atoms with E-state index in [9.17, 15) is 8.42 Å². The molecular formula is C7H9NO3S. The zero-order chi connectivity index (χ0) is 9.03. The lowest BCUT2D eigenvalue weighted by Gasteiger charge is -2.03. The maximum Gasteiger partial charge on any atom is 0.239 e. The Balaban J connectivity index is 2.56. The lowest BCUT2D eigenvalue weighted by Crippen LogP contribution is -2.25. The van der Waals surface area contributed by atoms with E-state index in [4.69, 9.17) is 4.84 Å². The molecular weight excluding hydrogens is 178 g/mol. The summed E-state index contributed by atoms with van der Waals surface area (Å²) in [5, 5.41) is 0. The summed E-state index contributed by atoms with van der Waals surface area (Å²) in [4.78, 5) is 6.64. The standard InChI is InChI=1S/C7H9NO3S/c1-12(9,10)8-11-7-5-3-2-4-6-7/h2-6,8H,1H3. The van der Waals surface area contributed by atoms with Gasteiger partial charge in [0.2, 0.25) is 10.0 Å². The van der Waals surface area contributed by atoms with Gasteiger partial charge in [0.1, 0.15) is 5.75 Å². The van der Waals surface area contributed by atoms with Gasteiger partial charge in [-0.3, -0.25) is 0 Å². The summed E-state index contributed by atoms with van der Waals surface area (Å²) >= 11 is 0. The Bertz CT molecular complexity index is 333. The summed E-state index contributed by atoms with van der Waals surface area (Å²) in [7, 11) is -3.29. The highest BCUT2D eigenvalue weighted by atomic mass is 32.2. The van der Waals surface area contributed by atoms with Gasteiger partial charge in [-0.15, -0.1) is 0 Å². The summed E-state index contributed by atoms with van der Waals surface area (Å²) in [6, 6.07) is 8.61. The molecule has 0 aliphatic rings. The van der Waals surface area contributed by atoms with E-state index in [1.807, 2.05) is 11.0 Å². The number of benzene rings is 1. The number of para-hydroxylation sites is 1. The van der Waals surface area contributed by atoms with Gasteiger partial charge in [-0.1, -0.05) is 18.2 Å². The van der Waals surface area contributed by atoms with E-state index in [1.54, 1.807) is 24.3 Å². The highest BCUT2D eigenvalue weighted by Gasteiger charge is 1.99. The van der Waals surface area contributed by atoms with Gasteiger partial charge in [0.15, 0.2) is 0 Å². The molecule has 0 bridgehead atoms. The van der Waals surface area contributed by atoms with Crippen molar-refractivity contribution in [3.63, 3.8) is 0 Å². The van der Waals surface area contributed by atoms with Crippen molar-refractivity contribution in [2.45, 2.75) is 0 Å². The average molecular weight is 187 g/mol. The molecule has 0 aromatic heterocycles. The van der Waals surface area contributed by atoms with Crippen LogP contribution in [0.1, 0.15) is 0 Å². The second-order valence-electron chi connectivity index (χ2n) is 2.27. The molecule has 12 heavy (non-hydrogen) atoms. The van der Waals surface area contributed by atoms with Gasteiger partial charge in [-0.05, 0) is 17.0 Å². The highest BCUT2D eigenvalue weighted by molar-refractivity contribution is 7.88. The second kappa shape index (κ2) is 3.55. The summed E-state index contributed by atoms with van der Waals surface area (Å²) in [6.45, 7) is 0. The third-order valence-electron chi connectivity index (χ3n) is 1.05. The first-order valence-corrected chi connectivity index (χ1v) is 5.16. The lowest BCUT2D eigenvalue weighted by molar-refractivity contribution is 0.270. The Morgan fingerprint density at radius 1 is 1.25 bits per heavy atom. The van der Waals surface area contributed by atoms with Gasteiger partial charge in [0, 0.05) is 0 Å². The van der Waals surface area contributed by atoms with Crippen LogP contribution in [-0.4, -0.2) is 14.7 Å². The predicted octanol–water partition coefficient (Wildman–Crippen LogP) is 0.530. The number of rotatable bonds is 3. The third-order valence-corrected chi connectivity index (χ3v) is 1.44. The summed E-state index contributed by atoms with van der Waals surface area (Å²) < 4.78 is 21.1. The fraction of sp³-hybridized carbons (Fsp3) is 0.143. The van der Waals surface area contributed by atoms with Gasteiger partial charge in [0.05, 0.1) is 6.26 Å². The summed E-state index contributed by atoms with van der Waals surface area (Å²) in [5.74, 6) is 0.461. The molecule has 66 valence electrons. The minimum Gasteiger partial charge on any atom is -0.394 e. The molecule has 1 N–H and O–H groups in total. The van der Waals surface area contributed by atoms with Crippen molar-refractivity contribution in [2.75, 3.05) is 6.26 Å². The molecule has 1 rings (SSSR count). The van der Waals surface area contributed by atoms with Gasteiger partial charge in [-0.2, -0.15) is 0 Å². The molecule has 0 radical (unpaired) electrons. The third kappa shape index (κ3) is 3.36. The molecule has 0 spiro atoms. The molecule has 1 aromatic carbocycles. The Kier molecular flexibility index (Phi) is 2.67. The first kappa shape index (κ1) is 9.02. The summed E-state index contributed by atoms with van der Waals surface area (Å²) in [5.41, 5.74) is 0. The Hall–Kier alpha value is -1.07. The van der Waals surface area contributed by atoms with E-state index < -0.39 is 10.0 Å². The number of nitrogens with one attached hydrogen (secondary N) is 1. The molecule has 0 saturated heterocycles. The summed E-state index contributed by atoms with van der Waals surface area (Å²) in [6.07, 6.45) is 1.02. The largest absolute Gasteiger partial charge is 0.394 e. The van der Waals surface area contributed by atoms with Crippen LogP contribution in [0.5, 0.6) is 5.75 Å². The van der Waals surface area contributed by atoms with Gasteiger partial charge >= 0.3 is 0 Å². The topological polar surface area (TPSA) is 55.4 Å². The first-order valence-electron chi connectivity index (χ1n) is 3.26. The molecule has 0 aliphatic carbocycles. The van der Waals surface area contributed by atoms with Gasteiger partial charge < -0.3 is 4.84 Å². The van der Waals surface area contributed by atoms with E-state index in [1.165, 1.54) is 0 Å². The van der Waals surface area contributed by atoms with Crippen LogP contribution in [0, 0.1) is 0 Å². The number of hydrogen-bond acceptors (Lipinski definition) is 3. The number of hydrogen-bond donors (Lipinski definition) is 1. The van der Waals surface area contributed by atoms with Crippen molar-refractivity contribution in [1.82, 2.24) is 4.89 Å². The fourth-order valence-corrected chi connectivity index (χ4v) is 0.860. The van der Waals surface area contributed by atoms with Crippen LogP contribution in [0.25, 0.3) is 0 Å². The molecule has 0 aliphatic heterocycles. The van der Waals surface area contributed by atoms with Crippen molar-refractivity contribution < 1.29 is 13.3 Å². The van der Waals surface area contributed by atoms with E-state index in [2.05, 4.69) is 0 Å². The Morgan fingerprint density at radius 2 is 1.83 bits per heavy atom. The number of sulfonamides is 1. The minimum absolute atomic E-state index is 0.461. The minimum atomic E-state index is -3.29. The van der Waals surface area contributed by atoms with E-state index >= 15 is 0 Å². The molecule has 1 aromatic rings. The molecule has 5 heteroatoms. The normalized spacial score (nSPS) is 11.1.